The van der Waals surface area contributed by atoms with Gasteiger partial charge in [0.05, 0.1) is 37.9 Å². The zero-order valence-corrected chi connectivity index (χ0v) is 9.64. The van der Waals surface area contributed by atoms with Crippen molar-refractivity contribution in [2.45, 2.75) is 19.4 Å². The third-order valence-electron chi connectivity index (χ3n) is 2.21. The first-order chi connectivity index (χ1) is 7.83. The predicted molar refractivity (Wildman–Crippen MR) is 56.8 cm³/mol. The SMILES string of the molecule is COCCc1c(CC#N)nnn1CCOC. The van der Waals surface area contributed by atoms with E-state index >= 15 is 0 Å². The average molecular weight is 224 g/mol. The van der Waals surface area contributed by atoms with E-state index in [9.17, 15) is 0 Å². The molecule has 0 fully saturated rings. The normalized spacial score (nSPS) is 10.3. The largest absolute Gasteiger partial charge is 0.384 e. The number of rotatable bonds is 7. The maximum Gasteiger partial charge on any atom is 0.100 e. The molecule has 0 atom stereocenters. The van der Waals surface area contributed by atoms with Crippen LogP contribution in [0.2, 0.25) is 0 Å². The van der Waals surface area contributed by atoms with E-state index in [-0.39, 0.29) is 6.42 Å². The highest BCUT2D eigenvalue weighted by Gasteiger charge is 2.11. The lowest BCUT2D eigenvalue weighted by Gasteiger charge is -2.06. The summed E-state index contributed by atoms with van der Waals surface area (Å²) in [5.74, 6) is 0. The van der Waals surface area contributed by atoms with Crippen LogP contribution in [-0.4, -0.2) is 42.4 Å². The van der Waals surface area contributed by atoms with Gasteiger partial charge >= 0.3 is 0 Å². The topological polar surface area (TPSA) is 73.0 Å². The van der Waals surface area contributed by atoms with Crippen LogP contribution in [0.1, 0.15) is 11.4 Å². The van der Waals surface area contributed by atoms with Crippen LogP contribution in [-0.2, 0) is 28.9 Å². The molecule has 0 aromatic carbocycles. The molecular formula is C10H16N4O2. The van der Waals surface area contributed by atoms with Gasteiger partial charge in [0.15, 0.2) is 0 Å². The molecule has 0 saturated heterocycles. The van der Waals surface area contributed by atoms with E-state index in [1.165, 1.54) is 0 Å². The summed E-state index contributed by atoms with van der Waals surface area (Å²) in [5, 5.41) is 16.7. The molecule has 88 valence electrons. The van der Waals surface area contributed by atoms with Crippen molar-refractivity contribution in [2.75, 3.05) is 27.4 Å². The monoisotopic (exact) mass is 224 g/mol. The van der Waals surface area contributed by atoms with Gasteiger partial charge in [0.25, 0.3) is 0 Å². The van der Waals surface area contributed by atoms with E-state index < -0.39 is 0 Å². The summed E-state index contributed by atoms with van der Waals surface area (Å²) in [6.07, 6.45) is 0.996. The highest BCUT2D eigenvalue weighted by atomic mass is 16.5. The van der Waals surface area contributed by atoms with Crippen LogP contribution in [0.3, 0.4) is 0 Å². The lowest BCUT2D eigenvalue weighted by atomic mass is 10.2. The van der Waals surface area contributed by atoms with Crippen molar-refractivity contribution in [3.8, 4) is 6.07 Å². The van der Waals surface area contributed by atoms with Gasteiger partial charge in [0.2, 0.25) is 0 Å². The highest BCUT2D eigenvalue weighted by Crippen LogP contribution is 2.07. The Balaban J connectivity index is 2.77. The molecule has 16 heavy (non-hydrogen) atoms. The third kappa shape index (κ3) is 3.29. The van der Waals surface area contributed by atoms with Gasteiger partial charge in [-0.3, -0.25) is 0 Å². The molecule has 1 aromatic heterocycles. The summed E-state index contributed by atoms with van der Waals surface area (Å²) in [6, 6.07) is 2.08. The minimum atomic E-state index is 0.284. The summed E-state index contributed by atoms with van der Waals surface area (Å²) in [5.41, 5.74) is 1.69. The average Bonchev–Trinajstić information content (AvgIpc) is 2.67. The first-order valence-electron chi connectivity index (χ1n) is 5.09. The molecular weight excluding hydrogens is 208 g/mol. The molecule has 0 amide bonds. The van der Waals surface area contributed by atoms with E-state index in [4.69, 9.17) is 14.7 Å². The van der Waals surface area contributed by atoms with Crippen molar-refractivity contribution in [1.82, 2.24) is 15.0 Å². The van der Waals surface area contributed by atoms with Crippen LogP contribution < -0.4 is 0 Å². The van der Waals surface area contributed by atoms with Gasteiger partial charge in [0, 0.05) is 20.6 Å². The Hall–Kier alpha value is -1.45. The second kappa shape index (κ2) is 6.93. The molecule has 1 aromatic rings. The molecule has 1 heterocycles. The number of hydrogen-bond acceptors (Lipinski definition) is 5. The molecule has 0 aliphatic rings. The molecule has 0 saturated carbocycles. The van der Waals surface area contributed by atoms with E-state index in [1.807, 2.05) is 0 Å². The minimum Gasteiger partial charge on any atom is -0.384 e. The van der Waals surface area contributed by atoms with E-state index in [2.05, 4.69) is 16.4 Å². The van der Waals surface area contributed by atoms with E-state index in [0.29, 0.717) is 26.2 Å². The Morgan fingerprint density at radius 1 is 1.31 bits per heavy atom. The third-order valence-corrected chi connectivity index (χ3v) is 2.21. The van der Waals surface area contributed by atoms with Crippen LogP contribution in [0.25, 0.3) is 0 Å². The number of hydrogen-bond donors (Lipinski definition) is 0. The van der Waals surface area contributed by atoms with Crippen LogP contribution in [0.5, 0.6) is 0 Å². The molecule has 6 nitrogen and oxygen atoms in total. The molecule has 1 rings (SSSR count). The molecule has 0 aliphatic carbocycles. The zero-order valence-electron chi connectivity index (χ0n) is 9.64. The van der Waals surface area contributed by atoms with Gasteiger partial charge in [-0.25, -0.2) is 4.68 Å². The standard InChI is InChI=1S/C10H16N4O2/c1-15-7-4-10-9(3-5-11)12-13-14(10)6-8-16-2/h3-4,6-8H2,1-2H3. The summed E-state index contributed by atoms with van der Waals surface area (Å²) in [4.78, 5) is 0. The number of nitriles is 1. The summed E-state index contributed by atoms with van der Waals surface area (Å²) in [7, 11) is 3.29. The lowest BCUT2D eigenvalue weighted by molar-refractivity contribution is 0.178. The molecule has 0 bridgehead atoms. The quantitative estimate of drug-likeness (QED) is 0.660. The van der Waals surface area contributed by atoms with Crippen molar-refractivity contribution in [3.63, 3.8) is 0 Å². The fourth-order valence-electron chi connectivity index (χ4n) is 1.41. The van der Waals surface area contributed by atoms with E-state index in [0.717, 1.165) is 11.4 Å². The van der Waals surface area contributed by atoms with Crippen LogP contribution in [0.15, 0.2) is 0 Å². The first-order valence-corrected chi connectivity index (χ1v) is 5.09. The van der Waals surface area contributed by atoms with Crippen LogP contribution >= 0.6 is 0 Å². The fourth-order valence-corrected chi connectivity index (χ4v) is 1.41. The van der Waals surface area contributed by atoms with Gasteiger partial charge in [-0.15, -0.1) is 5.10 Å². The van der Waals surface area contributed by atoms with Crippen molar-refractivity contribution >= 4 is 0 Å². The Morgan fingerprint density at radius 3 is 2.69 bits per heavy atom. The summed E-state index contributed by atoms with van der Waals surface area (Å²) in [6.45, 7) is 1.82. The first kappa shape index (κ1) is 12.6. The van der Waals surface area contributed by atoms with Gasteiger partial charge in [-0.1, -0.05) is 5.21 Å². The summed E-state index contributed by atoms with van der Waals surface area (Å²) >= 11 is 0. The second-order valence-corrected chi connectivity index (χ2v) is 3.28. The van der Waals surface area contributed by atoms with Crippen molar-refractivity contribution in [1.29, 1.82) is 5.26 Å². The van der Waals surface area contributed by atoms with Gasteiger partial charge < -0.3 is 9.47 Å². The maximum absolute atomic E-state index is 8.67. The van der Waals surface area contributed by atoms with E-state index in [1.54, 1.807) is 18.9 Å². The Kier molecular flexibility index (Phi) is 5.46. The van der Waals surface area contributed by atoms with Crippen LogP contribution in [0, 0.1) is 11.3 Å². The lowest BCUT2D eigenvalue weighted by Crippen LogP contribution is -2.12. The van der Waals surface area contributed by atoms with Gasteiger partial charge in [-0.05, 0) is 0 Å². The number of nitrogens with zero attached hydrogens (tertiary/aromatic N) is 4. The minimum absolute atomic E-state index is 0.284. The summed E-state index contributed by atoms with van der Waals surface area (Å²) < 4.78 is 11.8. The van der Waals surface area contributed by atoms with Crippen LogP contribution in [0.4, 0.5) is 0 Å². The maximum atomic E-state index is 8.67. The second-order valence-electron chi connectivity index (χ2n) is 3.28. The highest BCUT2D eigenvalue weighted by molar-refractivity contribution is 5.14. The molecule has 0 aliphatic heterocycles. The molecule has 0 unspecified atom stereocenters. The number of aromatic nitrogens is 3. The molecule has 0 radical (unpaired) electrons. The number of ether oxygens (including phenoxy) is 2. The van der Waals surface area contributed by atoms with Gasteiger partial charge in [0.1, 0.15) is 5.69 Å². The smallest absolute Gasteiger partial charge is 0.100 e. The Bertz CT molecular complexity index is 356. The van der Waals surface area contributed by atoms with Crippen molar-refractivity contribution < 1.29 is 9.47 Å². The Labute approximate surface area is 94.8 Å². The fraction of sp³-hybridized carbons (Fsp3) is 0.700. The Morgan fingerprint density at radius 2 is 2.06 bits per heavy atom. The predicted octanol–water partition coefficient (Wildman–Crippen LogP) is 0.179. The number of methoxy groups -OCH3 is 2. The molecule has 0 N–H and O–H groups in total. The van der Waals surface area contributed by atoms with Crippen molar-refractivity contribution in [3.05, 3.63) is 11.4 Å². The molecule has 6 heteroatoms. The molecule has 0 spiro atoms. The van der Waals surface area contributed by atoms with Gasteiger partial charge in [-0.2, -0.15) is 5.26 Å². The van der Waals surface area contributed by atoms with Crippen molar-refractivity contribution in [2.24, 2.45) is 0 Å². The zero-order chi connectivity index (χ0) is 11.8.